The van der Waals surface area contributed by atoms with E-state index in [9.17, 15) is 8.42 Å². The van der Waals surface area contributed by atoms with Crippen LogP contribution in [0.2, 0.25) is 5.02 Å². The maximum absolute atomic E-state index is 12.7. The number of ether oxygens (including phenoxy) is 1. The summed E-state index contributed by atoms with van der Waals surface area (Å²) in [6.07, 6.45) is 1.57. The lowest BCUT2D eigenvalue weighted by Crippen LogP contribution is -2.49. The van der Waals surface area contributed by atoms with E-state index in [0.717, 1.165) is 12.8 Å². The van der Waals surface area contributed by atoms with Gasteiger partial charge in [0.25, 0.3) is 0 Å². The number of anilines is 1. The largest absolute Gasteiger partial charge is 0.398 e. The molecule has 0 radical (unpaired) electrons. The highest BCUT2D eigenvalue weighted by Gasteiger charge is 2.38. The average Bonchev–Trinajstić information content (AvgIpc) is 2.38. The number of hydrogen-bond acceptors (Lipinski definition) is 4. The van der Waals surface area contributed by atoms with E-state index in [-0.39, 0.29) is 15.6 Å². The molecule has 1 aliphatic heterocycles. The van der Waals surface area contributed by atoms with Crippen molar-refractivity contribution in [3.63, 3.8) is 0 Å². The van der Waals surface area contributed by atoms with Crippen molar-refractivity contribution in [2.75, 3.05) is 25.9 Å². The number of methoxy groups -OCH3 is 1. The smallest absolute Gasteiger partial charge is 0.246 e. The number of piperidine rings is 1. The molecule has 1 unspecified atom stereocenters. The molecule has 0 bridgehead atoms. The van der Waals surface area contributed by atoms with E-state index in [1.54, 1.807) is 13.2 Å². The van der Waals surface area contributed by atoms with E-state index < -0.39 is 15.6 Å². The summed E-state index contributed by atoms with van der Waals surface area (Å²) in [6, 6.07) is 4.70. The Morgan fingerprint density at radius 1 is 1.45 bits per heavy atom. The van der Waals surface area contributed by atoms with Crippen LogP contribution in [0.3, 0.4) is 0 Å². The van der Waals surface area contributed by atoms with Crippen LogP contribution in [-0.2, 0) is 14.8 Å². The van der Waals surface area contributed by atoms with Crippen molar-refractivity contribution >= 4 is 27.3 Å². The van der Waals surface area contributed by atoms with Crippen LogP contribution >= 0.6 is 11.6 Å². The molecule has 0 aromatic heterocycles. The number of sulfonamides is 1. The monoisotopic (exact) mass is 318 g/mol. The molecule has 7 heteroatoms. The molecule has 1 aromatic rings. The van der Waals surface area contributed by atoms with Gasteiger partial charge in [-0.15, -0.1) is 0 Å². The van der Waals surface area contributed by atoms with Crippen LogP contribution in [0.5, 0.6) is 0 Å². The highest BCUT2D eigenvalue weighted by atomic mass is 35.5. The lowest BCUT2D eigenvalue weighted by molar-refractivity contribution is -0.0319. The molecule has 1 aromatic carbocycles. The summed E-state index contributed by atoms with van der Waals surface area (Å²) >= 11 is 6.02. The van der Waals surface area contributed by atoms with Crippen LogP contribution in [0.25, 0.3) is 0 Å². The first-order valence-corrected chi connectivity index (χ1v) is 8.21. The topological polar surface area (TPSA) is 72.6 Å². The molecule has 1 atom stereocenters. The van der Waals surface area contributed by atoms with E-state index in [0.29, 0.717) is 13.1 Å². The first-order valence-electron chi connectivity index (χ1n) is 6.39. The summed E-state index contributed by atoms with van der Waals surface area (Å²) in [7, 11) is -2.11. The molecule has 112 valence electrons. The summed E-state index contributed by atoms with van der Waals surface area (Å²) in [4.78, 5) is -0.0120. The van der Waals surface area contributed by atoms with Gasteiger partial charge in [0.05, 0.1) is 16.3 Å². The average molecular weight is 319 g/mol. The molecule has 1 fully saturated rings. The van der Waals surface area contributed by atoms with E-state index in [2.05, 4.69) is 0 Å². The highest BCUT2D eigenvalue weighted by Crippen LogP contribution is 2.33. The van der Waals surface area contributed by atoms with E-state index in [1.807, 2.05) is 6.92 Å². The maximum Gasteiger partial charge on any atom is 0.246 e. The quantitative estimate of drug-likeness (QED) is 0.866. The Kier molecular flexibility index (Phi) is 4.30. The molecule has 20 heavy (non-hydrogen) atoms. The van der Waals surface area contributed by atoms with Crippen LogP contribution in [0.1, 0.15) is 19.8 Å². The molecule has 1 aliphatic rings. The Labute approximate surface area is 124 Å². The fourth-order valence-electron chi connectivity index (χ4n) is 2.46. The minimum absolute atomic E-state index is 0.0120. The zero-order valence-corrected chi connectivity index (χ0v) is 13.2. The third-order valence-corrected chi connectivity index (χ3v) is 6.10. The van der Waals surface area contributed by atoms with Crippen LogP contribution in [0.15, 0.2) is 23.1 Å². The molecular weight excluding hydrogens is 300 g/mol. The van der Waals surface area contributed by atoms with E-state index in [4.69, 9.17) is 22.1 Å². The lowest BCUT2D eigenvalue weighted by Gasteiger charge is -2.38. The van der Waals surface area contributed by atoms with Gasteiger partial charge in [0, 0.05) is 20.2 Å². The number of nitrogens with two attached hydrogens (primary N) is 1. The van der Waals surface area contributed by atoms with Gasteiger partial charge in [0.15, 0.2) is 0 Å². The minimum Gasteiger partial charge on any atom is -0.398 e. The molecular formula is C13H19ClN2O3S. The van der Waals surface area contributed by atoms with Gasteiger partial charge in [-0.25, -0.2) is 8.42 Å². The van der Waals surface area contributed by atoms with Gasteiger partial charge in [-0.3, -0.25) is 0 Å². The van der Waals surface area contributed by atoms with Crippen molar-refractivity contribution in [2.45, 2.75) is 30.3 Å². The molecule has 0 aliphatic carbocycles. The number of nitrogen functional groups attached to an aromatic ring is 1. The molecule has 0 saturated carbocycles. The molecule has 0 amide bonds. The third-order valence-electron chi connectivity index (χ3n) is 3.71. The van der Waals surface area contributed by atoms with Gasteiger partial charge in [0.2, 0.25) is 10.0 Å². The number of rotatable bonds is 3. The maximum atomic E-state index is 12.7. The van der Waals surface area contributed by atoms with E-state index in [1.165, 1.54) is 16.4 Å². The Hall–Kier alpha value is -0.820. The zero-order chi connectivity index (χ0) is 15.0. The summed E-state index contributed by atoms with van der Waals surface area (Å²) < 4.78 is 32.3. The van der Waals surface area contributed by atoms with Crippen LogP contribution in [0.4, 0.5) is 5.69 Å². The van der Waals surface area contributed by atoms with Crippen LogP contribution in [-0.4, -0.2) is 38.5 Å². The number of hydrogen-bond donors (Lipinski definition) is 1. The predicted molar refractivity (Wildman–Crippen MR) is 79.3 cm³/mol. The lowest BCUT2D eigenvalue weighted by atomic mass is 9.96. The molecule has 2 N–H and O–H groups in total. The number of benzene rings is 1. The van der Waals surface area contributed by atoms with Crippen molar-refractivity contribution in [2.24, 2.45) is 0 Å². The minimum atomic E-state index is -3.71. The summed E-state index contributed by atoms with van der Waals surface area (Å²) in [5, 5.41) is 0.148. The highest BCUT2D eigenvalue weighted by molar-refractivity contribution is 7.89. The molecule has 5 nitrogen and oxygen atoms in total. The molecule has 1 heterocycles. The second kappa shape index (κ2) is 5.52. The summed E-state index contributed by atoms with van der Waals surface area (Å²) in [5.41, 5.74) is 5.49. The van der Waals surface area contributed by atoms with Crippen molar-refractivity contribution < 1.29 is 13.2 Å². The van der Waals surface area contributed by atoms with Gasteiger partial charge < -0.3 is 10.5 Å². The SMILES string of the molecule is COC1(C)CCCN(S(=O)(=O)c2c(N)cccc2Cl)C1. The number of nitrogens with zero attached hydrogens (tertiary/aromatic N) is 1. The van der Waals surface area contributed by atoms with Crippen molar-refractivity contribution in [3.05, 3.63) is 23.2 Å². The molecule has 0 spiro atoms. The second-order valence-electron chi connectivity index (χ2n) is 5.25. The van der Waals surface area contributed by atoms with Crippen LogP contribution < -0.4 is 5.73 Å². The first kappa shape index (κ1) is 15.6. The van der Waals surface area contributed by atoms with Crippen molar-refractivity contribution in [3.8, 4) is 0 Å². The normalized spacial score (nSPS) is 24.8. The Balaban J connectivity index is 2.40. The van der Waals surface area contributed by atoms with Gasteiger partial charge in [-0.1, -0.05) is 17.7 Å². The third kappa shape index (κ3) is 2.79. The summed E-state index contributed by atoms with van der Waals surface area (Å²) in [5.74, 6) is 0. The second-order valence-corrected chi connectivity index (χ2v) is 7.54. The standard InChI is InChI=1S/C13H19ClN2O3S/c1-13(19-2)7-4-8-16(9-13)20(17,18)12-10(14)5-3-6-11(12)15/h3,5-6H,4,7-9,15H2,1-2H3. The Morgan fingerprint density at radius 2 is 2.15 bits per heavy atom. The Morgan fingerprint density at radius 3 is 2.75 bits per heavy atom. The zero-order valence-electron chi connectivity index (χ0n) is 11.6. The van der Waals surface area contributed by atoms with Gasteiger partial charge in [-0.05, 0) is 31.9 Å². The number of halogens is 1. The fraction of sp³-hybridized carbons (Fsp3) is 0.538. The summed E-state index contributed by atoms with van der Waals surface area (Å²) in [6.45, 7) is 2.66. The fourth-order valence-corrected chi connectivity index (χ4v) is 4.68. The van der Waals surface area contributed by atoms with Gasteiger partial charge >= 0.3 is 0 Å². The molecule has 1 saturated heterocycles. The predicted octanol–water partition coefficient (Wildman–Crippen LogP) is 2.11. The van der Waals surface area contributed by atoms with Crippen molar-refractivity contribution in [1.29, 1.82) is 0 Å². The van der Waals surface area contributed by atoms with Gasteiger partial charge in [-0.2, -0.15) is 4.31 Å². The van der Waals surface area contributed by atoms with E-state index >= 15 is 0 Å². The van der Waals surface area contributed by atoms with Gasteiger partial charge in [0.1, 0.15) is 4.90 Å². The Bertz CT molecular complexity index is 585. The van der Waals surface area contributed by atoms with Crippen LogP contribution in [0, 0.1) is 0 Å². The van der Waals surface area contributed by atoms with Crippen molar-refractivity contribution in [1.82, 2.24) is 4.31 Å². The molecule has 2 rings (SSSR count). The first-order chi connectivity index (χ1) is 9.30.